The van der Waals surface area contributed by atoms with Gasteiger partial charge in [0.15, 0.2) is 15.1 Å². The number of halogens is 1. The molecule has 1 aliphatic heterocycles. The van der Waals surface area contributed by atoms with Crippen LogP contribution in [0.25, 0.3) is 0 Å². The maximum absolute atomic E-state index is 13.4. The number of carbonyl (C=O) groups is 1. The Balaban J connectivity index is 1.84. The first-order valence-electron chi connectivity index (χ1n) is 9.27. The van der Waals surface area contributed by atoms with Gasteiger partial charge in [-0.2, -0.15) is 0 Å². The third-order valence-corrected chi connectivity index (χ3v) is 8.30. The molecule has 2 aromatic carbocycles. The molecule has 1 saturated heterocycles. The summed E-state index contributed by atoms with van der Waals surface area (Å²) in [4.78, 5) is 13.2. The first-order chi connectivity index (χ1) is 13.0. The van der Waals surface area contributed by atoms with Gasteiger partial charge in [-0.3, -0.25) is 4.79 Å². The van der Waals surface area contributed by atoms with E-state index < -0.39 is 26.9 Å². The smallest absolute Gasteiger partial charge is 0.239 e. The molecule has 1 aliphatic carbocycles. The van der Waals surface area contributed by atoms with Gasteiger partial charge in [0.2, 0.25) is 5.91 Å². The van der Waals surface area contributed by atoms with Crippen LogP contribution in [-0.4, -0.2) is 31.0 Å². The summed E-state index contributed by atoms with van der Waals surface area (Å²) in [5.41, 5.74) is 0.887. The number of amides is 1. The molecule has 0 bridgehead atoms. The highest BCUT2D eigenvalue weighted by molar-refractivity contribution is 7.92. The van der Waals surface area contributed by atoms with E-state index in [0.29, 0.717) is 6.42 Å². The summed E-state index contributed by atoms with van der Waals surface area (Å²) in [7, 11) is -3.83. The maximum atomic E-state index is 13.4. The number of piperidine rings is 1. The van der Waals surface area contributed by atoms with Crippen LogP contribution in [0.4, 0.5) is 0 Å². The lowest BCUT2D eigenvalue weighted by molar-refractivity contribution is -0.125. The Hall–Kier alpha value is -1.85. The summed E-state index contributed by atoms with van der Waals surface area (Å²) < 4.78 is 26.9. The lowest BCUT2D eigenvalue weighted by atomic mass is 9.69. The van der Waals surface area contributed by atoms with Crippen LogP contribution in [0.2, 0.25) is 0 Å². The van der Waals surface area contributed by atoms with E-state index in [2.05, 4.69) is 5.32 Å². The summed E-state index contributed by atoms with van der Waals surface area (Å²) >= 11 is 6.44. The fourth-order valence-electron chi connectivity index (χ4n) is 4.57. The van der Waals surface area contributed by atoms with Gasteiger partial charge in [0.1, 0.15) is 0 Å². The minimum atomic E-state index is -3.83. The molecule has 142 valence electrons. The summed E-state index contributed by atoms with van der Waals surface area (Å²) in [5.74, 6) is -0.802. The van der Waals surface area contributed by atoms with Crippen LogP contribution >= 0.6 is 11.6 Å². The van der Waals surface area contributed by atoms with Gasteiger partial charge in [0, 0.05) is 17.3 Å². The fraction of sp³-hybridized carbons (Fsp3) is 0.381. The number of carbonyl (C=O) groups excluding carboxylic acids is 1. The standard InChI is InChI=1S/C21H22ClNO3S/c22-15-11-12-18-17(13-15)19(14-7-3-1-4-8-14)20(21(24)23-18)27(25,26)16-9-5-2-6-10-16/h1-10,15,17-20H,11-13H2,(H,23,24). The SMILES string of the molecule is O=C1NC2CCC(Cl)CC2C(c2ccccc2)C1S(=O)(=O)c1ccccc1. The summed E-state index contributed by atoms with van der Waals surface area (Å²) in [6.45, 7) is 0. The van der Waals surface area contributed by atoms with Crippen molar-refractivity contribution < 1.29 is 13.2 Å². The number of benzene rings is 2. The average Bonchev–Trinajstić information content (AvgIpc) is 2.68. The van der Waals surface area contributed by atoms with Gasteiger partial charge < -0.3 is 5.32 Å². The molecular weight excluding hydrogens is 382 g/mol. The van der Waals surface area contributed by atoms with Crippen molar-refractivity contribution in [1.29, 1.82) is 0 Å². The molecule has 1 amide bonds. The van der Waals surface area contributed by atoms with Gasteiger partial charge in [-0.05, 0) is 42.9 Å². The number of hydrogen-bond donors (Lipinski definition) is 1. The molecule has 1 N–H and O–H groups in total. The van der Waals surface area contributed by atoms with Crippen LogP contribution in [-0.2, 0) is 14.6 Å². The summed E-state index contributed by atoms with van der Waals surface area (Å²) in [6, 6.07) is 17.8. The predicted molar refractivity (Wildman–Crippen MR) is 106 cm³/mol. The van der Waals surface area contributed by atoms with Crippen molar-refractivity contribution in [2.45, 2.75) is 46.7 Å². The first-order valence-corrected chi connectivity index (χ1v) is 11.2. The molecule has 6 heteroatoms. The third-order valence-electron chi connectivity index (χ3n) is 5.80. The summed E-state index contributed by atoms with van der Waals surface area (Å²) in [6.07, 6.45) is 2.32. The van der Waals surface area contributed by atoms with Gasteiger partial charge >= 0.3 is 0 Å². The molecule has 0 radical (unpaired) electrons. The van der Waals surface area contributed by atoms with Crippen molar-refractivity contribution >= 4 is 27.3 Å². The number of rotatable bonds is 3. The maximum Gasteiger partial charge on any atom is 0.239 e. The molecule has 0 aromatic heterocycles. The quantitative estimate of drug-likeness (QED) is 0.797. The van der Waals surface area contributed by atoms with Crippen LogP contribution < -0.4 is 5.32 Å². The Morgan fingerprint density at radius 1 is 0.926 bits per heavy atom. The highest BCUT2D eigenvalue weighted by Gasteiger charge is 2.52. The van der Waals surface area contributed by atoms with Crippen molar-refractivity contribution in [2.75, 3.05) is 0 Å². The van der Waals surface area contributed by atoms with E-state index in [-0.39, 0.29) is 22.2 Å². The van der Waals surface area contributed by atoms with Crippen LogP contribution in [0.1, 0.15) is 30.7 Å². The van der Waals surface area contributed by atoms with Gasteiger partial charge in [-0.1, -0.05) is 48.5 Å². The van der Waals surface area contributed by atoms with Crippen LogP contribution in [0, 0.1) is 5.92 Å². The van der Waals surface area contributed by atoms with Crippen molar-refractivity contribution in [3.05, 3.63) is 66.2 Å². The van der Waals surface area contributed by atoms with E-state index in [1.165, 1.54) is 0 Å². The minimum Gasteiger partial charge on any atom is -0.352 e. The molecule has 1 heterocycles. The van der Waals surface area contributed by atoms with E-state index in [4.69, 9.17) is 11.6 Å². The van der Waals surface area contributed by atoms with Crippen molar-refractivity contribution in [1.82, 2.24) is 5.32 Å². The van der Waals surface area contributed by atoms with Gasteiger partial charge in [0.25, 0.3) is 0 Å². The molecule has 5 unspecified atom stereocenters. The lowest BCUT2D eigenvalue weighted by Gasteiger charge is -2.46. The highest BCUT2D eigenvalue weighted by atomic mass is 35.5. The molecule has 1 saturated carbocycles. The van der Waals surface area contributed by atoms with Crippen molar-refractivity contribution in [3.63, 3.8) is 0 Å². The van der Waals surface area contributed by atoms with Crippen LogP contribution in [0.15, 0.2) is 65.6 Å². The fourth-order valence-corrected chi connectivity index (χ4v) is 6.82. The Morgan fingerprint density at radius 3 is 2.22 bits per heavy atom. The first kappa shape index (κ1) is 18.5. The normalized spacial score (nSPS) is 31.0. The van der Waals surface area contributed by atoms with E-state index >= 15 is 0 Å². The third kappa shape index (κ3) is 3.39. The van der Waals surface area contributed by atoms with Gasteiger partial charge in [-0.25, -0.2) is 8.42 Å². The predicted octanol–water partition coefficient (Wildman–Crippen LogP) is 3.52. The van der Waals surface area contributed by atoms with Crippen molar-refractivity contribution in [2.24, 2.45) is 5.92 Å². The molecule has 4 rings (SSSR count). The number of fused-ring (bicyclic) bond motifs is 1. The Bertz CT molecular complexity index is 917. The van der Waals surface area contributed by atoms with E-state index in [9.17, 15) is 13.2 Å². The second kappa shape index (κ2) is 7.28. The number of hydrogen-bond acceptors (Lipinski definition) is 3. The monoisotopic (exact) mass is 403 g/mol. The van der Waals surface area contributed by atoms with Crippen LogP contribution in [0.5, 0.6) is 0 Å². The van der Waals surface area contributed by atoms with Gasteiger partial charge in [-0.15, -0.1) is 11.6 Å². The zero-order valence-corrected chi connectivity index (χ0v) is 16.4. The molecule has 2 aromatic rings. The molecular formula is C21H22ClNO3S. The molecule has 27 heavy (non-hydrogen) atoms. The number of sulfone groups is 1. The van der Waals surface area contributed by atoms with Gasteiger partial charge in [0.05, 0.1) is 4.90 Å². The Labute approximate surface area is 164 Å². The zero-order chi connectivity index (χ0) is 19.0. The molecule has 5 atom stereocenters. The average molecular weight is 404 g/mol. The molecule has 2 fully saturated rings. The van der Waals surface area contributed by atoms with Crippen LogP contribution in [0.3, 0.4) is 0 Å². The molecule has 4 nitrogen and oxygen atoms in total. The number of nitrogens with one attached hydrogen (secondary N) is 1. The molecule has 2 aliphatic rings. The van der Waals surface area contributed by atoms with Crippen molar-refractivity contribution in [3.8, 4) is 0 Å². The Morgan fingerprint density at radius 2 is 1.56 bits per heavy atom. The topological polar surface area (TPSA) is 63.2 Å². The van der Waals surface area contributed by atoms with E-state index in [1.807, 2.05) is 30.3 Å². The number of alkyl halides is 1. The van der Waals surface area contributed by atoms with E-state index in [1.54, 1.807) is 30.3 Å². The summed E-state index contributed by atoms with van der Waals surface area (Å²) in [5, 5.41) is 1.85. The minimum absolute atomic E-state index is 0.00448. The molecule has 0 spiro atoms. The highest BCUT2D eigenvalue weighted by Crippen LogP contribution is 2.45. The Kier molecular flexibility index (Phi) is 4.99. The van der Waals surface area contributed by atoms with E-state index in [0.717, 1.165) is 18.4 Å². The largest absolute Gasteiger partial charge is 0.352 e. The second-order valence-corrected chi connectivity index (χ2v) is 10.1. The second-order valence-electron chi connectivity index (χ2n) is 7.40. The zero-order valence-electron chi connectivity index (χ0n) is 14.8. The lowest BCUT2D eigenvalue weighted by Crippen LogP contribution is -2.60.